The molecule has 0 amide bonds. The SMILES string of the molecule is CCN(CC)CCOc1cc(C)c(C(=O)CC(c2ccccc2)c2ccccc2)c(C)c1.Cl. The second-order valence-electron chi connectivity index (χ2n) is 8.31. The summed E-state index contributed by atoms with van der Waals surface area (Å²) >= 11 is 0. The molecule has 3 aromatic rings. The summed E-state index contributed by atoms with van der Waals surface area (Å²) in [7, 11) is 0. The molecule has 0 saturated heterocycles. The van der Waals surface area contributed by atoms with Crippen molar-refractivity contribution in [1.82, 2.24) is 4.90 Å². The fourth-order valence-electron chi connectivity index (χ4n) is 4.37. The van der Waals surface area contributed by atoms with Gasteiger partial charge in [0.05, 0.1) is 0 Å². The second kappa shape index (κ2) is 13.2. The monoisotopic (exact) mass is 465 g/mol. The van der Waals surface area contributed by atoms with Gasteiger partial charge in [-0.3, -0.25) is 4.79 Å². The highest BCUT2D eigenvalue weighted by atomic mass is 35.5. The number of carbonyl (C=O) groups excluding carboxylic acids is 1. The number of hydrogen-bond donors (Lipinski definition) is 0. The van der Waals surface area contributed by atoms with E-state index >= 15 is 0 Å². The molecule has 3 aromatic carbocycles. The zero-order valence-corrected chi connectivity index (χ0v) is 21.0. The lowest BCUT2D eigenvalue weighted by Gasteiger charge is -2.20. The average molecular weight is 466 g/mol. The maximum absolute atomic E-state index is 13.5. The van der Waals surface area contributed by atoms with Gasteiger partial charge in [0, 0.05) is 24.4 Å². The van der Waals surface area contributed by atoms with E-state index in [4.69, 9.17) is 4.74 Å². The number of rotatable bonds is 11. The van der Waals surface area contributed by atoms with Gasteiger partial charge in [-0.1, -0.05) is 74.5 Å². The first-order valence-electron chi connectivity index (χ1n) is 11.6. The Labute approximate surface area is 205 Å². The van der Waals surface area contributed by atoms with Crippen molar-refractivity contribution in [3.63, 3.8) is 0 Å². The summed E-state index contributed by atoms with van der Waals surface area (Å²) in [5.74, 6) is 1.05. The van der Waals surface area contributed by atoms with Crippen LogP contribution < -0.4 is 4.74 Å². The van der Waals surface area contributed by atoms with Crippen LogP contribution in [0.15, 0.2) is 72.8 Å². The van der Waals surface area contributed by atoms with Crippen molar-refractivity contribution >= 4 is 18.2 Å². The average Bonchev–Trinajstić information content (AvgIpc) is 2.81. The molecule has 0 radical (unpaired) electrons. The van der Waals surface area contributed by atoms with E-state index in [9.17, 15) is 4.79 Å². The van der Waals surface area contributed by atoms with E-state index in [1.165, 1.54) is 11.1 Å². The van der Waals surface area contributed by atoms with Gasteiger partial charge < -0.3 is 9.64 Å². The van der Waals surface area contributed by atoms with E-state index in [1.807, 2.05) is 62.4 Å². The van der Waals surface area contributed by atoms with Crippen LogP contribution in [0.25, 0.3) is 0 Å². The molecule has 0 aliphatic heterocycles. The molecule has 0 bridgehead atoms. The molecule has 0 unspecified atom stereocenters. The van der Waals surface area contributed by atoms with Gasteiger partial charge in [-0.2, -0.15) is 0 Å². The normalized spacial score (nSPS) is 10.8. The molecule has 3 nitrogen and oxygen atoms in total. The minimum atomic E-state index is 0. The van der Waals surface area contributed by atoms with Crippen LogP contribution in [-0.4, -0.2) is 36.9 Å². The summed E-state index contributed by atoms with van der Waals surface area (Å²) in [5.41, 5.74) is 5.11. The maximum Gasteiger partial charge on any atom is 0.164 e. The molecule has 0 spiro atoms. The fourth-order valence-corrected chi connectivity index (χ4v) is 4.37. The Morgan fingerprint density at radius 2 is 1.33 bits per heavy atom. The molecule has 3 rings (SSSR count). The van der Waals surface area contributed by atoms with Gasteiger partial charge in [0.1, 0.15) is 12.4 Å². The third-order valence-corrected chi connectivity index (χ3v) is 6.15. The predicted molar refractivity (Wildman–Crippen MR) is 140 cm³/mol. The third-order valence-electron chi connectivity index (χ3n) is 6.15. The van der Waals surface area contributed by atoms with Crippen LogP contribution in [0, 0.1) is 13.8 Å². The number of ketones is 1. The molecule has 176 valence electrons. The highest BCUT2D eigenvalue weighted by molar-refractivity contribution is 5.99. The summed E-state index contributed by atoms with van der Waals surface area (Å²) in [5, 5.41) is 0. The summed E-state index contributed by atoms with van der Waals surface area (Å²) in [6.45, 7) is 12.0. The van der Waals surface area contributed by atoms with Gasteiger partial charge >= 0.3 is 0 Å². The van der Waals surface area contributed by atoms with Gasteiger partial charge in [0.25, 0.3) is 0 Å². The Balaban J connectivity index is 0.00000385. The first kappa shape index (κ1) is 26.6. The lowest BCUT2D eigenvalue weighted by Crippen LogP contribution is -2.27. The number of halogens is 1. The van der Waals surface area contributed by atoms with Gasteiger partial charge in [-0.05, 0) is 61.3 Å². The van der Waals surface area contributed by atoms with E-state index < -0.39 is 0 Å². The van der Waals surface area contributed by atoms with Gasteiger partial charge in [0.2, 0.25) is 0 Å². The van der Waals surface area contributed by atoms with Crippen molar-refractivity contribution in [1.29, 1.82) is 0 Å². The molecule has 0 saturated carbocycles. The number of benzene rings is 3. The van der Waals surface area contributed by atoms with Crippen LogP contribution >= 0.6 is 12.4 Å². The topological polar surface area (TPSA) is 29.5 Å². The number of nitrogens with zero attached hydrogens (tertiary/aromatic N) is 1. The van der Waals surface area contributed by atoms with Crippen LogP contribution in [0.3, 0.4) is 0 Å². The molecule has 0 aromatic heterocycles. The molecule has 0 aliphatic carbocycles. The van der Waals surface area contributed by atoms with Crippen molar-refractivity contribution in [3.05, 3.63) is 101 Å². The van der Waals surface area contributed by atoms with Crippen LogP contribution in [0.1, 0.15) is 58.8 Å². The number of ether oxygens (including phenoxy) is 1. The fraction of sp³-hybridized carbons (Fsp3) is 0.345. The lowest BCUT2D eigenvalue weighted by molar-refractivity contribution is 0.0976. The summed E-state index contributed by atoms with van der Waals surface area (Å²) in [4.78, 5) is 15.8. The Kier molecular flexibility index (Phi) is 10.6. The van der Waals surface area contributed by atoms with Crippen molar-refractivity contribution in [2.75, 3.05) is 26.2 Å². The van der Waals surface area contributed by atoms with E-state index in [1.54, 1.807) is 0 Å². The number of hydrogen-bond acceptors (Lipinski definition) is 3. The highest BCUT2D eigenvalue weighted by Gasteiger charge is 2.22. The highest BCUT2D eigenvalue weighted by Crippen LogP contribution is 2.31. The zero-order valence-electron chi connectivity index (χ0n) is 20.2. The Morgan fingerprint density at radius 3 is 1.79 bits per heavy atom. The van der Waals surface area contributed by atoms with E-state index in [-0.39, 0.29) is 24.1 Å². The number of carbonyl (C=O) groups is 1. The Bertz CT molecular complexity index is 938. The minimum absolute atomic E-state index is 0. The first-order chi connectivity index (χ1) is 15.5. The van der Waals surface area contributed by atoms with Crippen molar-refractivity contribution in [2.24, 2.45) is 0 Å². The smallest absolute Gasteiger partial charge is 0.164 e. The standard InChI is InChI=1S/C29H35NO2.ClH/c1-5-30(6-2)17-18-32-26-19-22(3)29(23(4)20-26)28(31)21-27(24-13-9-7-10-14-24)25-15-11-8-12-16-25;/h7-16,19-20,27H,5-6,17-18,21H2,1-4H3;1H. The zero-order chi connectivity index (χ0) is 22.9. The molecule has 0 heterocycles. The van der Waals surface area contributed by atoms with Gasteiger partial charge in [-0.25, -0.2) is 0 Å². The molecular weight excluding hydrogens is 430 g/mol. The molecular formula is C29H36ClNO2. The Hall–Kier alpha value is -2.62. The van der Waals surface area contributed by atoms with Crippen LogP contribution in [-0.2, 0) is 0 Å². The summed E-state index contributed by atoms with van der Waals surface area (Å²) in [6, 6.07) is 24.6. The van der Waals surface area contributed by atoms with E-state index in [0.717, 1.165) is 42.1 Å². The van der Waals surface area contributed by atoms with Crippen molar-refractivity contribution < 1.29 is 9.53 Å². The van der Waals surface area contributed by atoms with Crippen molar-refractivity contribution in [3.8, 4) is 5.75 Å². The number of likely N-dealkylation sites (N-methyl/N-ethyl adjacent to an activating group) is 1. The lowest BCUT2D eigenvalue weighted by atomic mass is 9.84. The second-order valence-corrected chi connectivity index (χ2v) is 8.31. The van der Waals surface area contributed by atoms with E-state index in [0.29, 0.717) is 13.0 Å². The first-order valence-corrected chi connectivity index (χ1v) is 11.6. The molecule has 0 fully saturated rings. The largest absolute Gasteiger partial charge is 0.492 e. The predicted octanol–water partition coefficient (Wildman–Crippen LogP) is 6.85. The molecule has 4 heteroatoms. The molecule has 33 heavy (non-hydrogen) atoms. The van der Waals surface area contributed by atoms with Gasteiger partial charge in [0.15, 0.2) is 5.78 Å². The number of aryl methyl sites for hydroxylation is 2. The Morgan fingerprint density at radius 1 is 0.848 bits per heavy atom. The maximum atomic E-state index is 13.5. The van der Waals surface area contributed by atoms with Crippen LogP contribution in [0.5, 0.6) is 5.75 Å². The van der Waals surface area contributed by atoms with Crippen LogP contribution in [0.2, 0.25) is 0 Å². The quantitative estimate of drug-likeness (QED) is 0.290. The van der Waals surface area contributed by atoms with Gasteiger partial charge in [-0.15, -0.1) is 12.4 Å². The minimum Gasteiger partial charge on any atom is -0.492 e. The summed E-state index contributed by atoms with van der Waals surface area (Å²) < 4.78 is 6.00. The number of Topliss-reactive ketones (excluding diaryl/α,β-unsaturated/α-hetero) is 1. The summed E-state index contributed by atoms with van der Waals surface area (Å²) in [6.07, 6.45) is 0.442. The van der Waals surface area contributed by atoms with Crippen molar-refractivity contribution in [2.45, 2.75) is 40.0 Å². The van der Waals surface area contributed by atoms with E-state index in [2.05, 4.69) is 43.0 Å². The molecule has 0 atom stereocenters. The molecule has 0 N–H and O–H groups in total. The van der Waals surface area contributed by atoms with Crippen LogP contribution in [0.4, 0.5) is 0 Å². The molecule has 0 aliphatic rings. The third kappa shape index (κ3) is 7.18.